The highest BCUT2D eigenvalue weighted by Crippen LogP contribution is 2.40. The molecule has 190 valence electrons. The summed E-state index contributed by atoms with van der Waals surface area (Å²) in [5.74, 6) is 1.12. The smallest absolute Gasteiger partial charge is 0.278 e. The predicted octanol–water partition coefficient (Wildman–Crippen LogP) is 4.57. The molecule has 0 radical (unpaired) electrons. The number of benzene rings is 1. The summed E-state index contributed by atoms with van der Waals surface area (Å²) in [6.45, 7) is 2.03. The van der Waals surface area contributed by atoms with Crippen molar-refractivity contribution < 1.29 is 18.0 Å². The minimum atomic E-state index is -3.58. The van der Waals surface area contributed by atoms with Crippen LogP contribution >= 0.6 is 11.6 Å². The first kappa shape index (κ1) is 25.7. The molecule has 12 heteroatoms. The summed E-state index contributed by atoms with van der Waals surface area (Å²) in [5.41, 5.74) is 4.85. The molecule has 1 aromatic carbocycles. The number of halogens is 1. The van der Waals surface area contributed by atoms with Crippen molar-refractivity contribution in [2.24, 2.45) is 0 Å². The Morgan fingerprint density at radius 1 is 1.08 bits per heavy atom. The van der Waals surface area contributed by atoms with Gasteiger partial charge < -0.3 is 10.6 Å². The van der Waals surface area contributed by atoms with Crippen LogP contribution < -0.4 is 20.4 Å². The summed E-state index contributed by atoms with van der Waals surface area (Å²) < 4.78 is 25.5. The lowest BCUT2D eigenvalue weighted by atomic mass is 10.2. The first-order chi connectivity index (χ1) is 17.2. The maximum absolute atomic E-state index is 12.7. The van der Waals surface area contributed by atoms with Crippen LogP contribution in [-0.2, 0) is 14.9 Å². The van der Waals surface area contributed by atoms with Crippen molar-refractivity contribution in [2.45, 2.75) is 25.7 Å². The molecule has 0 saturated heterocycles. The van der Waals surface area contributed by atoms with Crippen LogP contribution in [0.15, 0.2) is 48.8 Å². The fourth-order valence-electron chi connectivity index (χ4n) is 3.46. The average Bonchev–Trinajstić information content (AvgIpc) is 3.69. The van der Waals surface area contributed by atoms with Crippen LogP contribution in [0.25, 0.3) is 0 Å². The predicted molar refractivity (Wildman–Crippen MR) is 141 cm³/mol. The second kappa shape index (κ2) is 10.7. The summed E-state index contributed by atoms with van der Waals surface area (Å²) in [6.07, 6.45) is 6.72. The van der Waals surface area contributed by atoms with Crippen LogP contribution in [-0.4, -0.2) is 44.2 Å². The van der Waals surface area contributed by atoms with Gasteiger partial charge in [0.05, 0.1) is 35.5 Å². The fourth-order valence-corrected chi connectivity index (χ4v) is 4.14. The van der Waals surface area contributed by atoms with Crippen molar-refractivity contribution in [2.75, 3.05) is 34.8 Å². The van der Waals surface area contributed by atoms with Gasteiger partial charge in [-0.1, -0.05) is 17.7 Å². The van der Waals surface area contributed by atoms with Crippen molar-refractivity contribution in [3.63, 3.8) is 0 Å². The number of hydroxylamine groups is 1. The number of carbonyl (C=O) groups is 1. The topological polar surface area (TPSA) is 126 Å². The normalized spacial score (nSPS) is 13.2. The molecule has 1 aliphatic carbocycles. The minimum absolute atomic E-state index is 0.189. The highest BCUT2D eigenvalue weighted by Gasteiger charge is 2.23. The van der Waals surface area contributed by atoms with Gasteiger partial charge in [0.15, 0.2) is 0 Å². The SMILES string of the molecule is CCONC(=O)c1cnc(Nc2ccc(C3CC3)cn2)cc1Nc1ccc(Cl)cc1N(C)S(C)(=O)=O. The number of aromatic nitrogens is 2. The number of rotatable bonds is 10. The third-order valence-corrected chi connectivity index (χ3v) is 7.04. The Balaban J connectivity index is 1.68. The standard InChI is InChI=1S/C24H27ClN6O4S/c1-4-35-30-24(32)18-14-27-23(29-22-10-7-16(13-26-22)15-5-6-15)12-20(18)28-19-9-8-17(25)11-21(19)31(2)36(3,33)34/h7-15H,4-6H2,1-3H3,(H,30,32)(H2,26,27,28,29). The summed E-state index contributed by atoms with van der Waals surface area (Å²) in [6, 6.07) is 10.3. The van der Waals surface area contributed by atoms with Crippen molar-refractivity contribution in [3.05, 3.63) is 64.9 Å². The van der Waals surface area contributed by atoms with Gasteiger partial charge in [-0.2, -0.15) is 0 Å². The third kappa shape index (κ3) is 6.23. The van der Waals surface area contributed by atoms with Crippen LogP contribution in [0.5, 0.6) is 0 Å². The molecule has 1 aliphatic rings. The van der Waals surface area contributed by atoms with Gasteiger partial charge in [-0.3, -0.25) is 13.9 Å². The Morgan fingerprint density at radius 3 is 2.47 bits per heavy atom. The zero-order valence-corrected chi connectivity index (χ0v) is 21.7. The van der Waals surface area contributed by atoms with E-state index in [1.807, 2.05) is 18.3 Å². The van der Waals surface area contributed by atoms with Gasteiger partial charge >= 0.3 is 0 Å². The molecule has 0 aliphatic heterocycles. The maximum atomic E-state index is 12.7. The van der Waals surface area contributed by atoms with Gasteiger partial charge in [0.2, 0.25) is 10.0 Å². The Bertz CT molecular complexity index is 1360. The monoisotopic (exact) mass is 530 g/mol. The van der Waals surface area contributed by atoms with Gasteiger partial charge in [-0.05, 0) is 55.5 Å². The number of anilines is 5. The van der Waals surface area contributed by atoms with E-state index in [-0.39, 0.29) is 12.2 Å². The number of pyridine rings is 2. The van der Waals surface area contributed by atoms with E-state index in [2.05, 4.69) is 26.1 Å². The van der Waals surface area contributed by atoms with Crippen LogP contribution in [0.3, 0.4) is 0 Å². The number of hydrogen-bond donors (Lipinski definition) is 3. The Kier molecular flexibility index (Phi) is 7.62. The zero-order chi connectivity index (χ0) is 25.9. The molecule has 0 spiro atoms. The summed E-state index contributed by atoms with van der Waals surface area (Å²) in [4.78, 5) is 26.6. The van der Waals surface area contributed by atoms with Gasteiger partial charge in [0, 0.05) is 30.5 Å². The number of hydrogen-bond acceptors (Lipinski definition) is 8. The van der Waals surface area contributed by atoms with Crippen LogP contribution in [0, 0.1) is 0 Å². The maximum Gasteiger partial charge on any atom is 0.278 e. The quantitative estimate of drug-likeness (QED) is 0.325. The van der Waals surface area contributed by atoms with E-state index in [1.165, 1.54) is 37.7 Å². The second-order valence-electron chi connectivity index (χ2n) is 8.37. The lowest BCUT2D eigenvalue weighted by Gasteiger charge is -2.22. The molecular formula is C24H27ClN6O4S. The van der Waals surface area contributed by atoms with Crippen molar-refractivity contribution in [1.29, 1.82) is 0 Å². The zero-order valence-electron chi connectivity index (χ0n) is 20.1. The molecule has 3 N–H and O–H groups in total. The van der Waals surface area contributed by atoms with E-state index in [0.717, 1.165) is 10.6 Å². The van der Waals surface area contributed by atoms with Crippen LogP contribution in [0.4, 0.5) is 28.7 Å². The lowest BCUT2D eigenvalue weighted by Crippen LogP contribution is -2.26. The van der Waals surface area contributed by atoms with E-state index >= 15 is 0 Å². The molecule has 1 amide bonds. The Labute approximate surface area is 215 Å². The molecule has 0 bridgehead atoms. The third-order valence-electron chi connectivity index (χ3n) is 5.61. The Morgan fingerprint density at radius 2 is 1.83 bits per heavy atom. The van der Waals surface area contributed by atoms with Crippen molar-refractivity contribution >= 4 is 56.2 Å². The number of amides is 1. The van der Waals surface area contributed by atoms with E-state index in [4.69, 9.17) is 16.4 Å². The van der Waals surface area contributed by atoms with E-state index < -0.39 is 15.9 Å². The van der Waals surface area contributed by atoms with E-state index in [0.29, 0.717) is 39.6 Å². The fraction of sp³-hybridized carbons (Fsp3) is 0.292. The molecular weight excluding hydrogens is 504 g/mol. The molecule has 36 heavy (non-hydrogen) atoms. The van der Waals surface area contributed by atoms with Gasteiger partial charge in [0.1, 0.15) is 11.6 Å². The van der Waals surface area contributed by atoms with Crippen molar-refractivity contribution in [3.8, 4) is 0 Å². The van der Waals surface area contributed by atoms with Gasteiger partial charge in [-0.25, -0.2) is 23.9 Å². The van der Waals surface area contributed by atoms with Gasteiger partial charge in [-0.15, -0.1) is 0 Å². The largest absolute Gasteiger partial charge is 0.353 e. The molecule has 2 heterocycles. The number of carbonyl (C=O) groups excluding carboxylic acids is 1. The average molecular weight is 531 g/mol. The summed E-state index contributed by atoms with van der Waals surface area (Å²) in [5, 5.41) is 6.66. The molecule has 3 aromatic rings. The van der Waals surface area contributed by atoms with Crippen LogP contribution in [0.1, 0.15) is 41.6 Å². The molecule has 0 unspecified atom stereocenters. The lowest BCUT2D eigenvalue weighted by molar-refractivity contribution is 0.0365. The first-order valence-electron chi connectivity index (χ1n) is 11.3. The minimum Gasteiger partial charge on any atom is -0.353 e. The first-order valence-corrected chi connectivity index (χ1v) is 13.5. The van der Waals surface area contributed by atoms with E-state index in [1.54, 1.807) is 25.1 Å². The molecule has 2 aromatic heterocycles. The molecule has 1 saturated carbocycles. The number of sulfonamides is 1. The molecule has 0 atom stereocenters. The van der Waals surface area contributed by atoms with E-state index in [9.17, 15) is 13.2 Å². The number of nitrogens with zero attached hydrogens (tertiary/aromatic N) is 3. The number of nitrogens with one attached hydrogen (secondary N) is 3. The molecule has 4 rings (SSSR count). The highest BCUT2D eigenvalue weighted by atomic mass is 35.5. The molecule has 10 nitrogen and oxygen atoms in total. The Hall–Kier alpha value is -3.41. The molecule has 1 fully saturated rings. The summed E-state index contributed by atoms with van der Waals surface area (Å²) >= 11 is 6.15. The van der Waals surface area contributed by atoms with Crippen molar-refractivity contribution in [1.82, 2.24) is 15.4 Å². The van der Waals surface area contributed by atoms with Gasteiger partial charge in [0.25, 0.3) is 5.91 Å². The summed E-state index contributed by atoms with van der Waals surface area (Å²) in [7, 11) is -2.16. The van der Waals surface area contributed by atoms with Crippen LogP contribution in [0.2, 0.25) is 5.02 Å². The highest BCUT2D eigenvalue weighted by molar-refractivity contribution is 7.92. The second-order valence-corrected chi connectivity index (χ2v) is 10.8.